The molecule has 0 aliphatic carbocycles. The van der Waals surface area contributed by atoms with Crippen LogP contribution in [0, 0.1) is 0 Å². The largest absolute Gasteiger partial charge is 0.463 e. The summed E-state index contributed by atoms with van der Waals surface area (Å²) in [5.41, 5.74) is 0. The Bertz CT molecular complexity index is 620. The molecule has 0 aromatic rings. The van der Waals surface area contributed by atoms with Crippen molar-refractivity contribution < 1.29 is 59.5 Å². The highest BCUT2D eigenvalue weighted by atomic mass is 16.7. The molecule has 36 heavy (non-hydrogen) atoms. The molecule has 12 nitrogen and oxygen atoms in total. The fourth-order valence-corrected chi connectivity index (χ4v) is 4.38. The van der Waals surface area contributed by atoms with E-state index < -0.39 is 80.6 Å². The van der Waals surface area contributed by atoms with Gasteiger partial charge in [0.1, 0.15) is 55.4 Å². The monoisotopic (exact) mass is 524 g/mol. The van der Waals surface area contributed by atoms with Crippen LogP contribution in [-0.4, -0.2) is 116 Å². The third-order valence-corrected chi connectivity index (χ3v) is 6.69. The van der Waals surface area contributed by atoms with Crippen molar-refractivity contribution in [3.63, 3.8) is 0 Å². The fourth-order valence-electron chi connectivity index (χ4n) is 4.38. The summed E-state index contributed by atoms with van der Waals surface area (Å²) in [6.45, 7) is 1.08. The lowest BCUT2D eigenvalue weighted by molar-refractivity contribution is -0.355. The van der Waals surface area contributed by atoms with Crippen LogP contribution >= 0.6 is 0 Å². The number of hydrogen-bond donors (Lipinski definition) is 7. The molecule has 10 atom stereocenters. The van der Waals surface area contributed by atoms with Crippen molar-refractivity contribution in [3.8, 4) is 0 Å². The first-order valence-corrected chi connectivity index (χ1v) is 13.0. The maximum atomic E-state index is 12.1. The lowest BCUT2D eigenvalue weighted by atomic mass is 9.97. The quantitative estimate of drug-likeness (QED) is 0.103. The second-order valence-corrected chi connectivity index (χ2v) is 9.61. The molecule has 2 heterocycles. The van der Waals surface area contributed by atoms with Gasteiger partial charge in [-0.15, -0.1) is 0 Å². The van der Waals surface area contributed by atoms with E-state index in [1.807, 2.05) is 0 Å². The van der Waals surface area contributed by atoms with Gasteiger partial charge in [-0.2, -0.15) is 0 Å². The van der Waals surface area contributed by atoms with Gasteiger partial charge in [-0.25, -0.2) is 0 Å². The molecule has 0 aromatic heterocycles. The highest BCUT2D eigenvalue weighted by molar-refractivity contribution is 5.69. The molecule has 0 unspecified atom stereocenters. The number of rotatable bonds is 15. The van der Waals surface area contributed by atoms with E-state index in [0.29, 0.717) is 6.42 Å². The fraction of sp³-hybridized carbons (Fsp3) is 0.958. The van der Waals surface area contributed by atoms with E-state index >= 15 is 0 Å². The molecule has 2 aliphatic rings. The van der Waals surface area contributed by atoms with E-state index in [0.717, 1.165) is 19.3 Å². The van der Waals surface area contributed by atoms with E-state index in [1.165, 1.54) is 32.1 Å². The molecule has 2 saturated heterocycles. The summed E-state index contributed by atoms with van der Waals surface area (Å²) in [7, 11) is 0. The van der Waals surface area contributed by atoms with Gasteiger partial charge in [0.2, 0.25) is 0 Å². The summed E-state index contributed by atoms with van der Waals surface area (Å²) in [6.07, 6.45) is -5.75. The van der Waals surface area contributed by atoms with Crippen LogP contribution in [0.15, 0.2) is 0 Å². The first-order chi connectivity index (χ1) is 17.2. The van der Waals surface area contributed by atoms with Crippen LogP contribution in [0.2, 0.25) is 0 Å². The van der Waals surface area contributed by atoms with Gasteiger partial charge >= 0.3 is 5.97 Å². The molecule has 0 amide bonds. The minimum absolute atomic E-state index is 0.202. The zero-order valence-electron chi connectivity index (χ0n) is 20.9. The minimum atomic E-state index is -1.76. The van der Waals surface area contributed by atoms with Crippen LogP contribution in [0.1, 0.15) is 71.1 Å². The third kappa shape index (κ3) is 9.12. The summed E-state index contributed by atoms with van der Waals surface area (Å²) >= 11 is 0. The second kappa shape index (κ2) is 16.1. The Morgan fingerprint density at radius 1 is 0.722 bits per heavy atom. The standard InChI is InChI=1S/C24H44O12/c1-2-3-4-5-6-7-8-9-10-11-16(26)33-13-15-17(27)18(28)21(31)24(35-15)36-22-14(12-25)34-23(32)20(30)19(22)29/h14-15,17-25,27-32H,2-13H2,1H3/t14-,15-,17-,18+,19-,20-,21-,22-,23-,24+/m1/s1. The van der Waals surface area contributed by atoms with Gasteiger partial charge in [-0.05, 0) is 6.42 Å². The highest BCUT2D eigenvalue weighted by Crippen LogP contribution is 2.28. The van der Waals surface area contributed by atoms with E-state index in [9.17, 15) is 40.5 Å². The lowest BCUT2D eigenvalue weighted by Gasteiger charge is -2.45. The summed E-state index contributed by atoms with van der Waals surface area (Å²) in [6, 6.07) is 0. The van der Waals surface area contributed by atoms with E-state index in [4.69, 9.17) is 18.9 Å². The third-order valence-electron chi connectivity index (χ3n) is 6.69. The van der Waals surface area contributed by atoms with Crippen molar-refractivity contribution in [2.45, 2.75) is 133 Å². The molecule has 2 rings (SSSR count). The molecule has 0 saturated carbocycles. The molecule has 12 heteroatoms. The van der Waals surface area contributed by atoms with Crippen LogP contribution in [-0.2, 0) is 23.7 Å². The molecule has 0 radical (unpaired) electrons. The van der Waals surface area contributed by atoms with Crippen LogP contribution in [0.25, 0.3) is 0 Å². The Labute approximate surface area is 211 Å². The Balaban J connectivity index is 1.78. The molecule has 0 aromatic carbocycles. The summed E-state index contributed by atoms with van der Waals surface area (Å²) in [5.74, 6) is -0.486. The average Bonchev–Trinajstić information content (AvgIpc) is 2.87. The number of aliphatic hydroxyl groups is 7. The van der Waals surface area contributed by atoms with Gasteiger partial charge in [0.05, 0.1) is 6.61 Å². The molecule has 2 fully saturated rings. The van der Waals surface area contributed by atoms with Crippen molar-refractivity contribution in [2.24, 2.45) is 0 Å². The first-order valence-electron chi connectivity index (χ1n) is 13.0. The molecule has 212 valence electrons. The van der Waals surface area contributed by atoms with E-state index in [1.54, 1.807) is 0 Å². The normalized spacial score (nSPS) is 37.1. The van der Waals surface area contributed by atoms with Gasteiger partial charge in [0.15, 0.2) is 12.6 Å². The topological polar surface area (TPSA) is 196 Å². The van der Waals surface area contributed by atoms with Crippen LogP contribution in [0.3, 0.4) is 0 Å². The minimum Gasteiger partial charge on any atom is -0.463 e. The average molecular weight is 525 g/mol. The predicted molar refractivity (Wildman–Crippen MR) is 124 cm³/mol. The zero-order chi connectivity index (χ0) is 26.7. The zero-order valence-corrected chi connectivity index (χ0v) is 20.9. The van der Waals surface area contributed by atoms with E-state index in [-0.39, 0.29) is 6.42 Å². The lowest BCUT2D eigenvalue weighted by Crippen LogP contribution is -2.64. The number of carbonyl (C=O) groups excluding carboxylic acids is 1. The summed E-state index contributed by atoms with van der Waals surface area (Å²) in [5, 5.41) is 69.9. The Kier molecular flexibility index (Phi) is 14.0. The van der Waals surface area contributed by atoms with Crippen molar-refractivity contribution in [1.29, 1.82) is 0 Å². The smallest absolute Gasteiger partial charge is 0.305 e. The number of ether oxygens (including phenoxy) is 4. The molecular formula is C24H44O12. The van der Waals surface area contributed by atoms with E-state index in [2.05, 4.69) is 6.92 Å². The number of carbonyl (C=O) groups is 1. The Morgan fingerprint density at radius 3 is 1.94 bits per heavy atom. The maximum Gasteiger partial charge on any atom is 0.305 e. The van der Waals surface area contributed by atoms with Gasteiger partial charge in [-0.3, -0.25) is 4.79 Å². The number of esters is 1. The van der Waals surface area contributed by atoms with Crippen LogP contribution in [0.5, 0.6) is 0 Å². The molecule has 2 aliphatic heterocycles. The van der Waals surface area contributed by atoms with Crippen molar-refractivity contribution in [3.05, 3.63) is 0 Å². The molecule has 0 spiro atoms. The maximum absolute atomic E-state index is 12.1. The SMILES string of the molecule is CCCCCCCCCCCC(=O)OC[C@H]1O[C@@H](O[C@H]2[C@H](O)[C@@H](O)[C@H](O)O[C@@H]2CO)[C@H](O)[C@@H](O)[C@@H]1O. The van der Waals surface area contributed by atoms with Gasteiger partial charge in [0, 0.05) is 6.42 Å². The Hall–Kier alpha value is -0.930. The van der Waals surface area contributed by atoms with Crippen molar-refractivity contribution in [2.75, 3.05) is 13.2 Å². The molecular weight excluding hydrogens is 480 g/mol. The van der Waals surface area contributed by atoms with Crippen molar-refractivity contribution in [1.82, 2.24) is 0 Å². The van der Waals surface area contributed by atoms with Crippen LogP contribution < -0.4 is 0 Å². The van der Waals surface area contributed by atoms with Gasteiger partial charge in [-0.1, -0.05) is 58.3 Å². The summed E-state index contributed by atoms with van der Waals surface area (Å²) in [4.78, 5) is 12.1. The second-order valence-electron chi connectivity index (χ2n) is 9.61. The molecule has 0 bridgehead atoms. The number of hydrogen-bond acceptors (Lipinski definition) is 12. The summed E-state index contributed by atoms with van der Waals surface area (Å²) < 4.78 is 21.1. The molecule has 7 N–H and O–H groups in total. The van der Waals surface area contributed by atoms with Gasteiger partial charge < -0.3 is 54.7 Å². The Morgan fingerprint density at radius 2 is 1.33 bits per heavy atom. The first kappa shape index (κ1) is 31.3. The number of unbranched alkanes of at least 4 members (excludes halogenated alkanes) is 8. The van der Waals surface area contributed by atoms with Gasteiger partial charge in [0.25, 0.3) is 0 Å². The van der Waals surface area contributed by atoms with Crippen LogP contribution in [0.4, 0.5) is 0 Å². The predicted octanol–water partition coefficient (Wildman–Crippen LogP) is -0.925. The highest BCUT2D eigenvalue weighted by Gasteiger charge is 2.50. The number of aliphatic hydroxyl groups excluding tert-OH is 7. The van der Waals surface area contributed by atoms with Crippen molar-refractivity contribution >= 4 is 5.97 Å².